The third-order valence-electron chi connectivity index (χ3n) is 7.05. The van der Waals surface area contributed by atoms with Crippen molar-refractivity contribution in [2.24, 2.45) is 0 Å². The summed E-state index contributed by atoms with van der Waals surface area (Å²) in [5, 5.41) is 0. The molecule has 0 unspecified atom stereocenters. The molecule has 0 fully saturated rings. The second kappa shape index (κ2) is 8.56. The molecule has 0 saturated heterocycles. The summed E-state index contributed by atoms with van der Waals surface area (Å²) < 4.78 is 103. The lowest BCUT2D eigenvalue weighted by Crippen LogP contribution is -2.48. The molecule has 0 radical (unpaired) electrons. The Balaban J connectivity index is 1.44. The van der Waals surface area contributed by atoms with Gasteiger partial charge >= 0.3 is 17.8 Å². The van der Waals surface area contributed by atoms with Crippen LogP contribution >= 0.6 is 22.7 Å². The number of aromatic nitrogens is 2. The lowest BCUT2D eigenvalue weighted by atomic mass is 9.95. The summed E-state index contributed by atoms with van der Waals surface area (Å²) in [4.78, 5) is 9.41. The molecule has 208 valence electrons. The largest absolute Gasteiger partial charge is 0.435 e. The number of halogens is 6. The van der Waals surface area contributed by atoms with E-state index >= 15 is 17.6 Å². The van der Waals surface area contributed by atoms with Gasteiger partial charge in [-0.2, -0.15) is 26.3 Å². The Morgan fingerprint density at radius 2 is 1.00 bits per heavy atom. The zero-order valence-electron chi connectivity index (χ0n) is 21.1. The second-order valence-corrected chi connectivity index (χ2v) is 12.1. The van der Waals surface area contributed by atoms with Gasteiger partial charge in [0.15, 0.2) is 11.2 Å². The highest BCUT2D eigenvalue weighted by Crippen LogP contribution is 2.66. The van der Waals surface area contributed by atoms with E-state index in [9.17, 15) is 8.78 Å². The fourth-order valence-corrected chi connectivity index (χ4v) is 6.96. The van der Waals surface area contributed by atoms with Crippen molar-refractivity contribution in [3.8, 4) is 21.5 Å². The lowest BCUT2D eigenvalue weighted by molar-refractivity contribution is -0.254. The summed E-state index contributed by atoms with van der Waals surface area (Å²) in [6, 6.07) is 15.9. The average Bonchev–Trinajstić information content (AvgIpc) is 3.71. The molecule has 0 aliphatic heterocycles. The third kappa shape index (κ3) is 3.59. The van der Waals surface area contributed by atoms with Gasteiger partial charge in [-0.25, -0.2) is 9.97 Å². The number of para-hydroxylation sites is 4. The number of nitrogens with zero attached hydrogens (tertiary/aromatic N) is 2. The first-order valence-electron chi connectivity index (χ1n) is 12.2. The van der Waals surface area contributed by atoms with Gasteiger partial charge in [0.25, 0.3) is 0 Å². The molecule has 4 aromatic heterocycles. The first-order chi connectivity index (χ1) is 19.4. The molecular weight excluding hydrogens is 586 g/mol. The van der Waals surface area contributed by atoms with Crippen molar-refractivity contribution >= 4 is 56.0 Å². The van der Waals surface area contributed by atoms with Crippen LogP contribution in [-0.4, -0.2) is 27.7 Å². The summed E-state index contributed by atoms with van der Waals surface area (Å²) >= 11 is 1.88. The summed E-state index contributed by atoms with van der Waals surface area (Å²) in [5.74, 6) is -15.9. The van der Waals surface area contributed by atoms with E-state index in [4.69, 9.17) is 8.83 Å². The number of rotatable bonds is 4. The van der Waals surface area contributed by atoms with Gasteiger partial charge < -0.3 is 8.83 Å². The van der Waals surface area contributed by atoms with Crippen LogP contribution in [0.1, 0.15) is 20.9 Å². The quantitative estimate of drug-likeness (QED) is 0.189. The summed E-state index contributed by atoms with van der Waals surface area (Å²) in [6.07, 6.45) is 0. The SMILES string of the molecule is Cc1sc(-c2nc3ccccc3o2)cc1C1=C(c2cc(-c3nc4ccccc4o3)sc2C)C(F)(F)C(F)(F)C1(F)F. The van der Waals surface area contributed by atoms with Crippen LogP contribution in [0, 0.1) is 13.8 Å². The van der Waals surface area contributed by atoms with Crippen LogP contribution in [-0.2, 0) is 0 Å². The molecule has 1 aliphatic rings. The van der Waals surface area contributed by atoms with Gasteiger partial charge in [-0.1, -0.05) is 24.3 Å². The predicted octanol–water partition coefficient (Wildman–Crippen LogP) is 9.87. The van der Waals surface area contributed by atoms with Crippen molar-refractivity contribution in [1.82, 2.24) is 9.97 Å². The molecule has 41 heavy (non-hydrogen) atoms. The summed E-state index contributed by atoms with van der Waals surface area (Å²) in [5.41, 5.74) is -1.82. The highest BCUT2D eigenvalue weighted by Gasteiger charge is 2.80. The second-order valence-electron chi connectivity index (χ2n) is 9.61. The van der Waals surface area contributed by atoms with Crippen molar-refractivity contribution in [3.05, 3.63) is 81.5 Å². The van der Waals surface area contributed by atoms with Crippen LogP contribution in [0.15, 0.2) is 69.5 Å². The molecule has 0 spiro atoms. The molecular formula is C29H16F6N2O2S2. The van der Waals surface area contributed by atoms with E-state index in [0.717, 1.165) is 34.8 Å². The van der Waals surface area contributed by atoms with Crippen molar-refractivity contribution in [3.63, 3.8) is 0 Å². The molecule has 0 bridgehead atoms. The van der Waals surface area contributed by atoms with E-state index < -0.39 is 40.0 Å². The fourth-order valence-electron chi connectivity index (χ4n) is 5.06. The van der Waals surface area contributed by atoms with Crippen molar-refractivity contribution in [2.75, 3.05) is 0 Å². The van der Waals surface area contributed by atoms with Crippen LogP contribution in [0.4, 0.5) is 26.3 Å². The smallest absolute Gasteiger partial charge is 0.380 e. The standard InChI is InChI=1S/C29H16F6N2O2S2/c1-13-15(11-21(40-13)25-36-17-7-3-5-9-19(17)38-25)23-24(28(32,33)29(34,35)27(23,30)31)16-12-22(41-14(16)2)26-37-18-8-4-6-10-20(18)39-26/h3-12H,1-2H3. The third-order valence-corrected chi connectivity index (χ3v) is 9.13. The van der Waals surface area contributed by atoms with Gasteiger partial charge in [0, 0.05) is 20.9 Å². The molecule has 4 heterocycles. The van der Waals surface area contributed by atoms with E-state index in [0.29, 0.717) is 22.2 Å². The van der Waals surface area contributed by atoms with Gasteiger partial charge in [-0.05, 0) is 61.4 Å². The maximum atomic E-state index is 15.5. The van der Waals surface area contributed by atoms with E-state index in [1.165, 1.54) is 13.8 Å². The normalized spacial score (nSPS) is 17.8. The number of benzene rings is 2. The maximum Gasteiger partial charge on any atom is 0.380 e. The monoisotopic (exact) mass is 602 g/mol. The van der Waals surface area contributed by atoms with E-state index in [2.05, 4.69) is 9.97 Å². The van der Waals surface area contributed by atoms with Crippen LogP contribution < -0.4 is 0 Å². The minimum absolute atomic E-state index is 0.0671. The number of fused-ring (bicyclic) bond motifs is 2. The van der Waals surface area contributed by atoms with Gasteiger partial charge in [-0.3, -0.25) is 0 Å². The number of alkyl halides is 6. The van der Waals surface area contributed by atoms with Gasteiger partial charge in [-0.15, -0.1) is 22.7 Å². The number of hydrogen-bond donors (Lipinski definition) is 0. The van der Waals surface area contributed by atoms with Crippen molar-refractivity contribution in [1.29, 1.82) is 0 Å². The molecule has 6 aromatic rings. The number of allylic oxidation sites excluding steroid dienone is 2. The first-order valence-corrected chi connectivity index (χ1v) is 13.9. The maximum absolute atomic E-state index is 15.5. The van der Waals surface area contributed by atoms with Crippen molar-refractivity contribution < 1.29 is 35.2 Å². The topological polar surface area (TPSA) is 52.1 Å². The fraction of sp³-hybridized carbons (Fsp3) is 0.172. The number of aryl methyl sites for hydroxylation is 2. The molecule has 0 atom stereocenters. The Labute approximate surface area is 235 Å². The molecule has 0 saturated carbocycles. The Kier molecular flexibility index (Phi) is 5.43. The molecule has 0 amide bonds. The van der Waals surface area contributed by atoms with Crippen molar-refractivity contribution in [2.45, 2.75) is 31.6 Å². The first kappa shape index (κ1) is 26.0. The predicted molar refractivity (Wildman–Crippen MR) is 146 cm³/mol. The molecule has 4 nitrogen and oxygen atoms in total. The molecule has 7 rings (SSSR count). The highest BCUT2D eigenvalue weighted by molar-refractivity contribution is 7.16. The Hall–Kier alpha value is -3.90. The van der Waals surface area contributed by atoms with Crippen LogP contribution in [0.5, 0.6) is 0 Å². The summed E-state index contributed by atoms with van der Waals surface area (Å²) in [7, 11) is 0. The zero-order valence-corrected chi connectivity index (χ0v) is 22.7. The van der Waals surface area contributed by atoms with Gasteiger partial charge in [0.1, 0.15) is 11.0 Å². The summed E-state index contributed by atoms with van der Waals surface area (Å²) in [6.45, 7) is 2.82. The molecule has 1 aliphatic carbocycles. The Morgan fingerprint density at radius 1 is 0.610 bits per heavy atom. The van der Waals surface area contributed by atoms with Crippen LogP contribution in [0.3, 0.4) is 0 Å². The Bertz CT molecular complexity index is 1820. The number of oxazole rings is 2. The number of thiophene rings is 2. The highest BCUT2D eigenvalue weighted by atomic mass is 32.1. The van der Waals surface area contributed by atoms with Crippen LogP contribution in [0.2, 0.25) is 0 Å². The number of hydrogen-bond acceptors (Lipinski definition) is 6. The molecule has 12 heteroatoms. The van der Waals surface area contributed by atoms with E-state index in [1.807, 2.05) is 0 Å². The zero-order chi connectivity index (χ0) is 28.9. The lowest BCUT2D eigenvalue weighted by Gasteiger charge is -2.25. The van der Waals surface area contributed by atoms with E-state index in [1.54, 1.807) is 48.5 Å². The molecule has 2 aromatic carbocycles. The van der Waals surface area contributed by atoms with Gasteiger partial charge in [0.2, 0.25) is 11.8 Å². The Morgan fingerprint density at radius 3 is 1.39 bits per heavy atom. The minimum Gasteiger partial charge on any atom is -0.435 e. The molecule has 0 N–H and O–H groups in total. The van der Waals surface area contributed by atoms with E-state index in [-0.39, 0.29) is 31.3 Å². The van der Waals surface area contributed by atoms with Gasteiger partial charge in [0.05, 0.1) is 9.75 Å². The average molecular weight is 603 g/mol. The minimum atomic E-state index is -5.68. The van der Waals surface area contributed by atoms with Crippen LogP contribution in [0.25, 0.3) is 54.9 Å².